The Morgan fingerprint density at radius 3 is 2.57 bits per heavy atom. The van der Waals surface area contributed by atoms with Crippen LogP contribution in [-0.2, 0) is 5.41 Å². The van der Waals surface area contributed by atoms with E-state index in [4.69, 9.17) is 4.74 Å². The van der Waals surface area contributed by atoms with Crippen LogP contribution in [-0.4, -0.2) is 16.8 Å². The molecule has 0 radical (unpaired) electrons. The maximum absolute atomic E-state index is 10.0. The van der Waals surface area contributed by atoms with E-state index in [-0.39, 0.29) is 16.9 Å². The SMILES string of the molecule is CCC1(c2ccc(O)cc2)C=C2COc3c(O)cccc3C2=C1. The standard InChI is InChI=1S/C20H18O3/c1-2-20(14-6-8-15(21)9-7-14)10-13-12-23-19-16(17(13)11-20)4-3-5-18(19)22/h3-11,21-22H,2,12H2,1H3. The van der Waals surface area contributed by atoms with Gasteiger partial charge in [-0.2, -0.15) is 0 Å². The average molecular weight is 306 g/mol. The minimum atomic E-state index is -0.200. The molecule has 2 aliphatic rings. The van der Waals surface area contributed by atoms with Crippen LogP contribution in [0.25, 0.3) is 5.57 Å². The van der Waals surface area contributed by atoms with Crippen LogP contribution >= 0.6 is 0 Å². The normalized spacial score (nSPS) is 21.8. The lowest BCUT2D eigenvalue weighted by Gasteiger charge is -2.24. The number of hydrogen-bond donors (Lipinski definition) is 2. The summed E-state index contributed by atoms with van der Waals surface area (Å²) in [6, 6.07) is 12.9. The van der Waals surface area contributed by atoms with Gasteiger partial charge in [-0.1, -0.05) is 43.3 Å². The molecule has 1 aliphatic heterocycles. The predicted molar refractivity (Wildman–Crippen MR) is 89.7 cm³/mol. The molecule has 0 aromatic heterocycles. The quantitative estimate of drug-likeness (QED) is 0.876. The smallest absolute Gasteiger partial charge is 0.169 e. The van der Waals surface area contributed by atoms with Crippen molar-refractivity contribution in [2.24, 2.45) is 0 Å². The molecule has 1 heterocycles. The predicted octanol–water partition coefficient (Wildman–Crippen LogP) is 4.16. The Balaban J connectivity index is 1.88. The molecule has 2 N–H and O–H groups in total. The number of phenols is 2. The van der Waals surface area contributed by atoms with Gasteiger partial charge < -0.3 is 14.9 Å². The second kappa shape index (κ2) is 4.92. The van der Waals surface area contributed by atoms with E-state index in [0.29, 0.717) is 12.4 Å². The number of fused-ring (bicyclic) bond motifs is 3. The molecule has 1 aliphatic carbocycles. The number of para-hydroxylation sites is 1. The summed E-state index contributed by atoms with van der Waals surface area (Å²) in [6.45, 7) is 2.62. The van der Waals surface area contributed by atoms with Crippen molar-refractivity contribution in [3.05, 3.63) is 71.3 Å². The Morgan fingerprint density at radius 2 is 1.83 bits per heavy atom. The lowest BCUT2D eigenvalue weighted by atomic mass is 9.79. The van der Waals surface area contributed by atoms with Gasteiger partial charge in [0.25, 0.3) is 0 Å². The molecule has 3 nitrogen and oxygen atoms in total. The minimum Gasteiger partial charge on any atom is -0.508 e. The molecule has 1 atom stereocenters. The fourth-order valence-electron chi connectivity index (χ4n) is 3.54. The maximum Gasteiger partial charge on any atom is 0.169 e. The van der Waals surface area contributed by atoms with E-state index in [1.54, 1.807) is 18.2 Å². The summed E-state index contributed by atoms with van der Waals surface area (Å²) >= 11 is 0. The molecule has 2 aromatic rings. The van der Waals surface area contributed by atoms with E-state index in [2.05, 4.69) is 19.1 Å². The molecule has 0 amide bonds. The van der Waals surface area contributed by atoms with E-state index in [1.807, 2.05) is 24.3 Å². The molecule has 23 heavy (non-hydrogen) atoms. The molecular formula is C20H18O3. The maximum atomic E-state index is 10.0. The molecule has 3 heteroatoms. The van der Waals surface area contributed by atoms with E-state index >= 15 is 0 Å². The number of phenolic OH excluding ortho intramolecular Hbond substituents is 2. The number of benzene rings is 2. The van der Waals surface area contributed by atoms with Crippen LogP contribution in [0.5, 0.6) is 17.2 Å². The van der Waals surface area contributed by atoms with Crippen LogP contribution in [0, 0.1) is 0 Å². The van der Waals surface area contributed by atoms with Crippen molar-refractivity contribution in [1.82, 2.24) is 0 Å². The highest BCUT2D eigenvalue weighted by atomic mass is 16.5. The Kier molecular flexibility index (Phi) is 2.98. The third-order valence-electron chi connectivity index (χ3n) is 4.83. The molecular weight excluding hydrogens is 288 g/mol. The van der Waals surface area contributed by atoms with Gasteiger partial charge in [0, 0.05) is 11.0 Å². The fourth-order valence-corrected chi connectivity index (χ4v) is 3.54. The Hall–Kier alpha value is -2.68. The first-order chi connectivity index (χ1) is 11.1. The van der Waals surface area contributed by atoms with Crippen LogP contribution in [0.3, 0.4) is 0 Å². The van der Waals surface area contributed by atoms with Crippen molar-refractivity contribution in [3.8, 4) is 17.2 Å². The summed E-state index contributed by atoms with van der Waals surface area (Å²) in [5.74, 6) is 1.02. The van der Waals surface area contributed by atoms with Crippen molar-refractivity contribution in [2.75, 3.05) is 6.61 Å². The van der Waals surface area contributed by atoms with Gasteiger partial charge in [0.05, 0.1) is 0 Å². The highest BCUT2D eigenvalue weighted by Crippen LogP contribution is 2.49. The lowest BCUT2D eigenvalue weighted by molar-refractivity contribution is 0.324. The second-order valence-electron chi connectivity index (χ2n) is 6.11. The first-order valence-electron chi connectivity index (χ1n) is 7.82. The number of hydrogen-bond acceptors (Lipinski definition) is 3. The molecule has 0 saturated heterocycles. The van der Waals surface area contributed by atoms with Gasteiger partial charge in [0.15, 0.2) is 11.5 Å². The van der Waals surface area contributed by atoms with Gasteiger partial charge in [0.2, 0.25) is 0 Å². The van der Waals surface area contributed by atoms with Crippen molar-refractivity contribution in [1.29, 1.82) is 0 Å². The summed E-state index contributed by atoms with van der Waals surface area (Å²) in [5.41, 5.74) is 4.18. The number of rotatable bonds is 2. The Morgan fingerprint density at radius 1 is 1.04 bits per heavy atom. The third kappa shape index (κ3) is 2.04. The van der Waals surface area contributed by atoms with E-state index in [1.165, 1.54) is 0 Å². The van der Waals surface area contributed by atoms with Gasteiger partial charge in [-0.3, -0.25) is 0 Å². The van der Waals surface area contributed by atoms with Crippen LogP contribution in [0.1, 0.15) is 24.5 Å². The van der Waals surface area contributed by atoms with E-state index < -0.39 is 0 Å². The monoisotopic (exact) mass is 306 g/mol. The van der Waals surface area contributed by atoms with Gasteiger partial charge in [0.1, 0.15) is 12.4 Å². The molecule has 1 unspecified atom stereocenters. The van der Waals surface area contributed by atoms with Crippen LogP contribution in [0.15, 0.2) is 60.2 Å². The van der Waals surface area contributed by atoms with Crippen LogP contribution in [0.4, 0.5) is 0 Å². The molecule has 0 spiro atoms. The second-order valence-corrected chi connectivity index (χ2v) is 6.11. The van der Waals surface area contributed by atoms with Gasteiger partial charge >= 0.3 is 0 Å². The van der Waals surface area contributed by atoms with Gasteiger partial charge in [-0.05, 0) is 41.3 Å². The Labute approximate surface area is 135 Å². The number of allylic oxidation sites excluding steroid dienone is 2. The highest BCUT2D eigenvalue weighted by Gasteiger charge is 2.36. The summed E-state index contributed by atoms with van der Waals surface area (Å²) in [5, 5.41) is 19.6. The first-order valence-corrected chi connectivity index (χ1v) is 7.82. The number of aromatic hydroxyl groups is 2. The van der Waals surface area contributed by atoms with Gasteiger partial charge in [-0.25, -0.2) is 0 Å². The third-order valence-corrected chi connectivity index (χ3v) is 4.83. The molecule has 116 valence electrons. The number of ether oxygens (including phenoxy) is 1. The molecule has 0 saturated carbocycles. The summed E-state index contributed by atoms with van der Waals surface area (Å²) < 4.78 is 5.76. The minimum absolute atomic E-state index is 0.182. The van der Waals surface area contributed by atoms with Crippen LogP contribution in [0.2, 0.25) is 0 Å². The van der Waals surface area contributed by atoms with Crippen LogP contribution < -0.4 is 4.74 Å². The van der Waals surface area contributed by atoms with E-state index in [0.717, 1.165) is 28.7 Å². The lowest BCUT2D eigenvalue weighted by Crippen LogP contribution is -2.17. The zero-order chi connectivity index (χ0) is 16.0. The molecule has 0 fully saturated rings. The first kappa shape index (κ1) is 13.9. The molecule has 0 bridgehead atoms. The zero-order valence-electron chi connectivity index (χ0n) is 12.9. The van der Waals surface area contributed by atoms with Crippen molar-refractivity contribution >= 4 is 5.57 Å². The topological polar surface area (TPSA) is 49.7 Å². The largest absolute Gasteiger partial charge is 0.508 e. The Bertz CT molecular complexity index is 830. The van der Waals surface area contributed by atoms with E-state index in [9.17, 15) is 10.2 Å². The summed E-state index contributed by atoms with van der Waals surface area (Å²) in [6.07, 6.45) is 5.43. The van der Waals surface area contributed by atoms with Gasteiger partial charge in [-0.15, -0.1) is 0 Å². The molecule has 2 aromatic carbocycles. The van der Waals surface area contributed by atoms with Crippen molar-refractivity contribution in [2.45, 2.75) is 18.8 Å². The zero-order valence-corrected chi connectivity index (χ0v) is 12.9. The average Bonchev–Trinajstić information content (AvgIpc) is 2.96. The highest BCUT2D eigenvalue weighted by molar-refractivity contribution is 5.89. The van der Waals surface area contributed by atoms with Crippen molar-refractivity contribution < 1.29 is 14.9 Å². The summed E-state index contributed by atoms with van der Waals surface area (Å²) in [7, 11) is 0. The fraction of sp³-hybridized carbons (Fsp3) is 0.200. The summed E-state index contributed by atoms with van der Waals surface area (Å²) in [4.78, 5) is 0. The molecule has 4 rings (SSSR count). The van der Waals surface area contributed by atoms with Crippen molar-refractivity contribution in [3.63, 3.8) is 0 Å².